The molecule has 0 atom stereocenters. The third kappa shape index (κ3) is 3.05. The van der Waals surface area contributed by atoms with Crippen molar-refractivity contribution in [2.75, 3.05) is 26.8 Å². The van der Waals surface area contributed by atoms with Crippen molar-refractivity contribution >= 4 is 22.6 Å². The largest absolute Gasteiger partial charge is 0.493 e. The van der Waals surface area contributed by atoms with Crippen molar-refractivity contribution in [2.24, 2.45) is 0 Å². The molecule has 1 fully saturated rings. The van der Waals surface area contributed by atoms with E-state index in [0.29, 0.717) is 17.2 Å². The molecule has 4 rings (SSSR count). The van der Waals surface area contributed by atoms with E-state index in [1.165, 1.54) is 0 Å². The number of methoxy groups -OCH3 is 1. The lowest BCUT2D eigenvalue weighted by Gasteiger charge is -2.37. The fourth-order valence-electron chi connectivity index (χ4n) is 4.12. The molecule has 1 saturated heterocycles. The van der Waals surface area contributed by atoms with Crippen molar-refractivity contribution in [3.63, 3.8) is 0 Å². The van der Waals surface area contributed by atoms with E-state index < -0.39 is 0 Å². The fraction of sp³-hybridized carbons (Fsp3) is 0.381. The number of piperidine rings is 1. The molecule has 27 heavy (non-hydrogen) atoms. The number of para-hydroxylation sites is 1. The topological polar surface area (TPSA) is 56.5 Å². The predicted octanol–water partition coefficient (Wildman–Crippen LogP) is 4.56. The molecule has 3 aromatic rings. The van der Waals surface area contributed by atoms with Gasteiger partial charge in [0.1, 0.15) is 5.69 Å². The first kappa shape index (κ1) is 18.1. The highest BCUT2D eigenvalue weighted by Crippen LogP contribution is 2.48. The zero-order valence-electron chi connectivity index (χ0n) is 15.5. The summed E-state index contributed by atoms with van der Waals surface area (Å²) >= 11 is 6.13. The van der Waals surface area contributed by atoms with E-state index in [1.807, 2.05) is 37.3 Å². The standard InChI is InChI=1S/C21H23ClN2O3/c1-3-26-17-6-4-5-16(19(17)25-2)21(9-11-23-12-10-21)20-15-8-7-14(22)13-18(15)27-24-20/h4-8,13,23H,3,9-12H2,1-2H3. The van der Waals surface area contributed by atoms with Crippen LogP contribution >= 0.6 is 11.6 Å². The fourth-order valence-corrected chi connectivity index (χ4v) is 4.28. The van der Waals surface area contributed by atoms with Gasteiger partial charge < -0.3 is 19.3 Å². The van der Waals surface area contributed by atoms with Crippen molar-refractivity contribution in [1.29, 1.82) is 0 Å². The molecular formula is C21H23ClN2O3. The summed E-state index contributed by atoms with van der Waals surface area (Å²) in [4.78, 5) is 0. The molecule has 0 saturated carbocycles. The summed E-state index contributed by atoms with van der Waals surface area (Å²) in [6.45, 7) is 4.34. The number of halogens is 1. The molecule has 1 aromatic heterocycles. The normalized spacial score (nSPS) is 16.4. The molecular weight excluding hydrogens is 364 g/mol. The van der Waals surface area contributed by atoms with Crippen LogP contribution in [0.5, 0.6) is 11.5 Å². The first-order valence-electron chi connectivity index (χ1n) is 9.26. The average Bonchev–Trinajstić information content (AvgIpc) is 3.12. The highest BCUT2D eigenvalue weighted by molar-refractivity contribution is 6.31. The molecule has 1 N–H and O–H groups in total. The van der Waals surface area contributed by atoms with Gasteiger partial charge in [-0.1, -0.05) is 28.9 Å². The predicted molar refractivity (Wildman–Crippen MR) is 106 cm³/mol. The lowest BCUT2D eigenvalue weighted by Crippen LogP contribution is -2.41. The van der Waals surface area contributed by atoms with E-state index in [4.69, 9.17) is 25.6 Å². The van der Waals surface area contributed by atoms with Gasteiger partial charge in [-0.25, -0.2) is 0 Å². The molecule has 6 heteroatoms. The van der Waals surface area contributed by atoms with Crippen LogP contribution in [0.25, 0.3) is 11.0 Å². The lowest BCUT2D eigenvalue weighted by molar-refractivity contribution is 0.291. The molecule has 0 bridgehead atoms. The number of benzene rings is 2. The molecule has 142 valence electrons. The van der Waals surface area contributed by atoms with Crippen LogP contribution < -0.4 is 14.8 Å². The van der Waals surface area contributed by atoms with Gasteiger partial charge in [0.2, 0.25) is 0 Å². The molecule has 0 aliphatic carbocycles. The van der Waals surface area contributed by atoms with Gasteiger partial charge in [-0.15, -0.1) is 0 Å². The minimum atomic E-state index is -0.317. The minimum absolute atomic E-state index is 0.317. The summed E-state index contributed by atoms with van der Waals surface area (Å²) < 4.78 is 17.3. The van der Waals surface area contributed by atoms with E-state index >= 15 is 0 Å². The second kappa shape index (κ2) is 7.41. The van der Waals surface area contributed by atoms with Crippen LogP contribution in [0.4, 0.5) is 0 Å². The third-order valence-corrected chi connectivity index (χ3v) is 5.58. The number of fused-ring (bicyclic) bond motifs is 1. The average molecular weight is 387 g/mol. The van der Waals surface area contributed by atoms with Gasteiger partial charge >= 0.3 is 0 Å². The number of rotatable bonds is 5. The van der Waals surface area contributed by atoms with Gasteiger partial charge in [0.15, 0.2) is 17.1 Å². The molecule has 0 amide bonds. The number of nitrogens with zero attached hydrogens (tertiary/aromatic N) is 1. The number of aromatic nitrogens is 1. The first-order valence-corrected chi connectivity index (χ1v) is 9.64. The van der Waals surface area contributed by atoms with Gasteiger partial charge in [0.05, 0.1) is 13.7 Å². The van der Waals surface area contributed by atoms with E-state index in [9.17, 15) is 0 Å². The maximum absolute atomic E-state index is 6.13. The number of nitrogens with one attached hydrogen (secondary N) is 1. The Labute approximate surface area is 163 Å². The van der Waals surface area contributed by atoms with Crippen molar-refractivity contribution in [2.45, 2.75) is 25.2 Å². The van der Waals surface area contributed by atoms with Crippen molar-refractivity contribution < 1.29 is 14.0 Å². The summed E-state index contributed by atoms with van der Waals surface area (Å²) in [5.74, 6) is 1.53. The minimum Gasteiger partial charge on any atom is -0.493 e. The smallest absolute Gasteiger partial charge is 0.168 e. The van der Waals surface area contributed by atoms with Crippen LogP contribution in [0.1, 0.15) is 31.0 Å². The van der Waals surface area contributed by atoms with Crippen LogP contribution in [-0.2, 0) is 5.41 Å². The maximum Gasteiger partial charge on any atom is 0.168 e. The number of hydrogen-bond donors (Lipinski definition) is 1. The van der Waals surface area contributed by atoms with E-state index in [-0.39, 0.29) is 5.41 Å². The summed E-state index contributed by atoms with van der Waals surface area (Å²) in [5, 5.41) is 9.59. The lowest BCUT2D eigenvalue weighted by atomic mass is 9.69. The highest BCUT2D eigenvalue weighted by atomic mass is 35.5. The zero-order valence-corrected chi connectivity index (χ0v) is 16.3. The third-order valence-electron chi connectivity index (χ3n) is 5.34. The van der Waals surface area contributed by atoms with Gasteiger partial charge in [-0.3, -0.25) is 0 Å². The van der Waals surface area contributed by atoms with Crippen LogP contribution in [-0.4, -0.2) is 32.0 Å². The summed E-state index contributed by atoms with van der Waals surface area (Å²) in [6.07, 6.45) is 1.78. The Morgan fingerprint density at radius 3 is 2.78 bits per heavy atom. The van der Waals surface area contributed by atoms with Crippen LogP contribution in [0.2, 0.25) is 5.02 Å². The summed E-state index contributed by atoms with van der Waals surface area (Å²) in [5.41, 5.74) is 2.41. The first-order chi connectivity index (χ1) is 13.2. The van der Waals surface area contributed by atoms with Crippen LogP contribution in [0, 0.1) is 0 Å². The molecule has 2 heterocycles. The SMILES string of the molecule is CCOc1cccc(C2(c3noc4cc(Cl)ccc34)CCNCC2)c1OC. The second-order valence-corrected chi connectivity index (χ2v) is 7.21. The van der Waals surface area contributed by atoms with E-state index in [1.54, 1.807) is 7.11 Å². The van der Waals surface area contributed by atoms with Gasteiger partial charge in [0, 0.05) is 27.5 Å². The Balaban J connectivity index is 1.95. The summed E-state index contributed by atoms with van der Waals surface area (Å²) in [6, 6.07) is 11.8. The molecule has 2 aromatic carbocycles. The van der Waals surface area contributed by atoms with Crippen molar-refractivity contribution in [1.82, 2.24) is 10.5 Å². The summed E-state index contributed by atoms with van der Waals surface area (Å²) in [7, 11) is 1.69. The quantitative estimate of drug-likeness (QED) is 0.696. The highest BCUT2D eigenvalue weighted by Gasteiger charge is 2.42. The molecule has 0 unspecified atom stereocenters. The van der Waals surface area contributed by atoms with Gasteiger partial charge in [-0.05, 0) is 51.1 Å². The Morgan fingerprint density at radius 2 is 2.04 bits per heavy atom. The van der Waals surface area contributed by atoms with Crippen molar-refractivity contribution in [3.8, 4) is 11.5 Å². The van der Waals surface area contributed by atoms with Gasteiger partial charge in [0.25, 0.3) is 0 Å². The zero-order chi connectivity index (χ0) is 18.9. The monoisotopic (exact) mass is 386 g/mol. The molecule has 0 radical (unpaired) electrons. The molecule has 1 aliphatic heterocycles. The Morgan fingerprint density at radius 1 is 1.22 bits per heavy atom. The van der Waals surface area contributed by atoms with E-state index in [0.717, 1.165) is 54.1 Å². The molecule has 5 nitrogen and oxygen atoms in total. The number of ether oxygens (including phenoxy) is 2. The van der Waals surface area contributed by atoms with Crippen LogP contribution in [0.3, 0.4) is 0 Å². The molecule has 0 spiro atoms. The van der Waals surface area contributed by atoms with E-state index in [2.05, 4.69) is 16.5 Å². The van der Waals surface area contributed by atoms with Crippen LogP contribution in [0.15, 0.2) is 40.9 Å². The number of hydrogen-bond acceptors (Lipinski definition) is 5. The maximum atomic E-state index is 6.13. The van der Waals surface area contributed by atoms with Gasteiger partial charge in [-0.2, -0.15) is 0 Å². The second-order valence-electron chi connectivity index (χ2n) is 6.77. The Bertz CT molecular complexity index is 948. The van der Waals surface area contributed by atoms with Crippen molar-refractivity contribution in [3.05, 3.63) is 52.7 Å². The Hall–Kier alpha value is -2.24. The molecule has 1 aliphatic rings. The Kier molecular flexibility index (Phi) is 4.98.